The first-order valence-corrected chi connectivity index (χ1v) is 6.81. The van der Waals surface area contributed by atoms with E-state index in [0.717, 1.165) is 6.54 Å². The van der Waals surface area contributed by atoms with Crippen LogP contribution in [0.2, 0.25) is 0 Å². The molecule has 0 aromatic carbocycles. The lowest BCUT2D eigenvalue weighted by molar-refractivity contribution is -0.526. The Labute approximate surface area is 103 Å². The van der Waals surface area contributed by atoms with Crippen LogP contribution >= 0.6 is 0 Å². The van der Waals surface area contributed by atoms with E-state index in [4.69, 9.17) is 17.7 Å². The third-order valence-electron chi connectivity index (χ3n) is 2.52. The molecule has 2 rings (SSSR count). The standard InChI is InChI=1S/C8H14NO.CHF3O3S/c1-7-6-9-5-3-2-4-8(9)10-7;2-1(3,4)8(5,6)7/h7H,2-6H2,1H3;(H,5,6,7)/q+1;/p-1. The quantitative estimate of drug-likeness (QED) is 0.380. The minimum atomic E-state index is -6.09. The lowest BCUT2D eigenvalue weighted by Crippen LogP contribution is -2.21. The van der Waals surface area contributed by atoms with Gasteiger partial charge in [0.1, 0.15) is 6.54 Å². The molecule has 2 heterocycles. The number of nitrogens with zero attached hydrogens (tertiary/aromatic N) is 1. The van der Waals surface area contributed by atoms with Crippen molar-refractivity contribution in [2.75, 3.05) is 13.1 Å². The summed E-state index contributed by atoms with van der Waals surface area (Å²) in [5, 5.41) is 0. The highest BCUT2D eigenvalue weighted by atomic mass is 32.2. The maximum absolute atomic E-state index is 10.7. The van der Waals surface area contributed by atoms with Crippen LogP contribution in [0, 0.1) is 0 Å². The number of ether oxygens (including phenoxy) is 1. The van der Waals surface area contributed by atoms with Crippen LogP contribution in [0.25, 0.3) is 0 Å². The van der Waals surface area contributed by atoms with Crippen molar-refractivity contribution in [1.82, 2.24) is 0 Å². The van der Waals surface area contributed by atoms with Crippen molar-refractivity contribution < 1.29 is 35.5 Å². The van der Waals surface area contributed by atoms with E-state index >= 15 is 0 Å². The third-order valence-corrected chi connectivity index (χ3v) is 3.09. The minimum Gasteiger partial charge on any atom is -0.741 e. The summed E-state index contributed by atoms with van der Waals surface area (Å²) in [6.45, 7) is 4.49. The molecule has 2 aliphatic heterocycles. The smallest absolute Gasteiger partial charge is 0.485 e. The van der Waals surface area contributed by atoms with Crippen LogP contribution in [-0.4, -0.2) is 48.1 Å². The van der Waals surface area contributed by atoms with Gasteiger partial charge in [-0.2, -0.15) is 17.7 Å². The number of hydrogen-bond donors (Lipinski definition) is 0. The summed E-state index contributed by atoms with van der Waals surface area (Å²) in [6.07, 6.45) is 4.27. The summed E-state index contributed by atoms with van der Waals surface area (Å²) in [5.74, 6) is 1.25. The molecule has 106 valence electrons. The van der Waals surface area contributed by atoms with Gasteiger partial charge in [0.25, 0.3) is 0 Å². The number of halogens is 3. The van der Waals surface area contributed by atoms with Gasteiger partial charge in [-0.15, -0.1) is 0 Å². The van der Waals surface area contributed by atoms with Gasteiger partial charge in [0.05, 0.1) is 6.42 Å². The fourth-order valence-corrected chi connectivity index (χ4v) is 1.77. The maximum atomic E-state index is 10.7. The largest absolute Gasteiger partial charge is 0.741 e. The molecule has 0 bridgehead atoms. The zero-order valence-corrected chi connectivity index (χ0v) is 10.6. The highest BCUT2D eigenvalue weighted by Crippen LogP contribution is 2.20. The van der Waals surface area contributed by atoms with Crippen LogP contribution in [0.4, 0.5) is 13.2 Å². The highest BCUT2D eigenvalue weighted by molar-refractivity contribution is 7.86. The van der Waals surface area contributed by atoms with Gasteiger partial charge in [0.15, 0.2) is 22.8 Å². The lowest BCUT2D eigenvalue weighted by atomic mass is 10.2. The Morgan fingerprint density at radius 2 is 1.94 bits per heavy atom. The molecular weight excluding hydrogens is 275 g/mol. The Morgan fingerprint density at radius 1 is 1.39 bits per heavy atom. The number of rotatable bonds is 0. The van der Waals surface area contributed by atoms with E-state index in [0.29, 0.717) is 6.10 Å². The minimum absolute atomic E-state index is 0.438. The van der Waals surface area contributed by atoms with Crippen LogP contribution in [0.15, 0.2) is 0 Å². The Morgan fingerprint density at radius 3 is 2.39 bits per heavy atom. The summed E-state index contributed by atoms with van der Waals surface area (Å²) in [6, 6.07) is 0. The molecule has 1 atom stereocenters. The number of alkyl halides is 3. The van der Waals surface area contributed by atoms with Crippen molar-refractivity contribution in [2.24, 2.45) is 0 Å². The van der Waals surface area contributed by atoms with E-state index < -0.39 is 15.6 Å². The topological polar surface area (TPSA) is 69.4 Å². The highest BCUT2D eigenvalue weighted by Gasteiger charge is 2.37. The summed E-state index contributed by atoms with van der Waals surface area (Å²) in [4.78, 5) is 0. The molecule has 0 aromatic heterocycles. The molecule has 0 N–H and O–H groups in total. The molecule has 0 radical (unpaired) electrons. The fraction of sp³-hybridized carbons (Fsp3) is 0.889. The van der Waals surface area contributed by atoms with Gasteiger partial charge in [-0.1, -0.05) is 0 Å². The fourth-order valence-electron chi connectivity index (χ4n) is 1.77. The molecule has 0 fully saturated rings. The van der Waals surface area contributed by atoms with E-state index in [9.17, 15) is 13.2 Å². The van der Waals surface area contributed by atoms with E-state index in [1.807, 2.05) is 0 Å². The van der Waals surface area contributed by atoms with Gasteiger partial charge in [-0.25, -0.2) is 8.42 Å². The Hall–Kier alpha value is -0.830. The van der Waals surface area contributed by atoms with E-state index in [1.165, 1.54) is 31.7 Å². The van der Waals surface area contributed by atoms with E-state index in [1.54, 1.807) is 0 Å². The molecule has 2 aliphatic rings. The second-order valence-corrected chi connectivity index (χ2v) is 5.50. The first-order valence-electron chi connectivity index (χ1n) is 5.41. The SMILES string of the molecule is CC1C[N+]2=C(CCCC2)O1.O=S(=O)([O-])C(F)(F)F. The molecular formula is C9H14F3NO4S. The first-order chi connectivity index (χ1) is 8.11. The van der Waals surface area contributed by atoms with Gasteiger partial charge in [0, 0.05) is 6.42 Å². The summed E-state index contributed by atoms with van der Waals surface area (Å²) < 4.78 is 66.9. The second-order valence-electron chi connectivity index (χ2n) is 4.13. The molecule has 5 nitrogen and oxygen atoms in total. The van der Waals surface area contributed by atoms with E-state index in [-0.39, 0.29) is 0 Å². The maximum Gasteiger partial charge on any atom is 0.485 e. The normalized spacial score (nSPS) is 23.9. The average molecular weight is 289 g/mol. The van der Waals surface area contributed by atoms with Gasteiger partial charge >= 0.3 is 11.4 Å². The lowest BCUT2D eigenvalue weighted by Gasteiger charge is -2.08. The number of hydrogen-bond acceptors (Lipinski definition) is 4. The van der Waals surface area contributed by atoms with Gasteiger partial charge in [0.2, 0.25) is 0 Å². The molecule has 0 saturated heterocycles. The first kappa shape index (κ1) is 15.2. The molecule has 9 heteroatoms. The predicted octanol–water partition coefficient (Wildman–Crippen LogP) is 1.05. The van der Waals surface area contributed by atoms with Crippen molar-refractivity contribution in [3.63, 3.8) is 0 Å². The molecule has 18 heavy (non-hydrogen) atoms. The van der Waals surface area contributed by atoms with Crippen molar-refractivity contribution in [3.8, 4) is 0 Å². The zero-order chi connectivity index (χ0) is 14.0. The zero-order valence-electron chi connectivity index (χ0n) is 9.74. The van der Waals surface area contributed by atoms with Crippen LogP contribution in [0.1, 0.15) is 26.2 Å². The van der Waals surface area contributed by atoms with Crippen LogP contribution in [-0.2, 0) is 14.9 Å². The van der Waals surface area contributed by atoms with E-state index in [2.05, 4.69) is 11.5 Å². The summed E-state index contributed by atoms with van der Waals surface area (Å²) in [5.41, 5.74) is -5.65. The Balaban J connectivity index is 0.000000187. The van der Waals surface area contributed by atoms with Gasteiger partial charge in [-0.3, -0.25) is 0 Å². The Kier molecular flexibility index (Phi) is 4.60. The van der Waals surface area contributed by atoms with Crippen LogP contribution in [0.3, 0.4) is 0 Å². The average Bonchev–Trinajstić information content (AvgIpc) is 2.55. The predicted molar refractivity (Wildman–Crippen MR) is 55.2 cm³/mol. The monoisotopic (exact) mass is 289 g/mol. The molecule has 0 aromatic rings. The summed E-state index contributed by atoms with van der Waals surface area (Å²) >= 11 is 0. The molecule has 0 saturated carbocycles. The summed E-state index contributed by atoms with van der Waals surface area (Å²) in [7, 11) is -6.09. The Bertz CT molecular complexity index is 412. The van der Waals surface area contributed by atoms with Crippen molar-refractivity contribution >= 4 is 16.0 Å². The molecule has 0 spiro atoms. The second kappa shape index (κ2) is 5.43. The van der Waals surface area contributed by atoms with Crippen molar-refractivity contribution in [2.45, 2.75) is 37.8 Å². The van der Waals surface area contributed by atoms with Crippen molar-refractivity contribution in [3.05, 3.63) is 0 Å². The van der Waals surface area contributed by atoms with Crippen LogP contribution < -0.4 is 0 Å². The van der Waals surface area contributed by atoms with Crippen molar-refractivity contribution in [1.29, 1.82) is 0 Å². The van der Waals surface area contributed by atoms with Gasteiger partial charge in [-0.05, 0) is 13.3 Å². The van der Waals surface area contributed by atoms with Crippen LogP contribution in [0.5, 0.6) is 0 Å². The molecule has 0 amide bonds. The molecule has 0 aliphatic carbocycles. The molecule has 1 unspecified atom stereocenters. The van der Waals surface area contributed by atoms with Gasteiger partial charge < -0.3 is 9.29 Å². The third kappa shape index (κ3) is 4.13.